The molecule has 0 saturated carbocycles. The monoisotopic (exact) mass is 513 g/mol. The van der Waals surface area contributed by atoms with Crippen LogP contribution in [0, 0.1) is 0 Å². The molecular formula is C22H25Cl2N3O5S. The molecule has 1 aliphatic heterocycles. The molecule has 0 bridgehead atoms. The lowest BCUT2D eigenvalue weighted by atomic mass is 10.0. The molecule has 11 heteroatoms. The van der Waals surface area contributed by atoms with E-state index < -0.39 is 10.0 Å². The Morgan fingerprint density at radius 3 is 2.36 bits per heavy atom. The van der Waals surface area contributed by atoms with E-state index in [-0.39, 0.29) is 48.6 Å². The van der Waals surface area contributed by atoms with Gasteiger partial charge in [0.15, 0.2) is 0 Å². The van der Waals surface area contributed by atoms with E-state index in [0.717, 1.165) is 10.6 Å². The van der Waals surface area contributed by atoms with Crippen LogP contribution >= 0.6 is 24.8 Å². The van der Waals surface area contributed by atoms with Gasteiger partial charge in [-0.05, 0) is 48.1 Å². The first-order valence-corrected chi connectivity index (χ1v) is 10.8. The summed E-state index contributed by atoms with van der Waals surface area (Å²) in [6.07, 6.45) is 15.0. The van der Waals surface area contributed by atoms with Crippen LogP contribution in [-0.4, -0.2) is 44.7 Å². The van der Waals surface area contributed by atoms with Gasteiger partial charge in [0.25, 0.3) is 10.0 Å². The molecule has 33 heavy (non-hydrogen) atoms. The number of hydroxylamine groups is 2. The maximum atomic E-state index is 12.9. The topological polar surface area (TPSA) is 114 Å². The van der Waals surface area contributed by atoms with Crippen molar-refractivity contribution in [1.82, 2.24) is 5.06 Å². The zero-order valence-corrected chi connectivity index (χ0v) is 20.1. The van der Waals surface area contributed by atoms with Crippen molar-refractivity contribution in [3.05, 3.63) is 96.1 Å². The summed E-state index contributed by atoms with van der Waals surface area (Å²) in [7, 11) is -2.50. The second-order valence-electron chi connectivity index (χ2n) is 6.42. The van der Waals surface area contributed by atoms with E-state index in [4.69, 9.17) is 15.2 Å². The van der Waals surface area contributed by atoms with E-state index in [1.165, 1.54) is 31.6 Å². The number of halogens is 2. The molecule has 0 atom stereocenters. The van der Waals surface area contributed by atoms with Crippen LogP contribution < -0.4 is 10.5 Å². The highest BCUT2D eigenvalue weighted by molar-refractivity contribution is 7.90. The minimum Gasteiger partial charge on any atom is -0.497 e. The SMILES string of the molecule is COc1ccc(S(=O)(=O)N=C2C(=CC=C3C=CN(O)C=C3)C=CC=C2OCCN)cc1.Cl.Cl. The molecule has 0 saturated heterocycles. The lowest BCUT2D eigenvalue weighted by molar-refractivity contribution is 0.0105. The molecule has 1 heterocycles. The van der Waals surface area contributed by atoms with Crippen molar-refractivity contribution < 1.29 is 23.1 Å². The van der Waals surface area contributed by atoms with Gasteiger partial charge in [-0.2, -0.15) is 12.8 Å². The zero-order chi connectivity index (χ0) is 22.3. The highest BCUT2D eigenvalue weighted by Gasteiger charge is 2.21. The Morgan fingerprint density at radius 2 is 1.76 bits per heavy atom. The van der Waals surface area contributed by atoms with Gasteiger partial charge >= 0.3 is 0 Å². The first-order chi connectivity index (χ1) is 14.9. The highest BCUT2D eigenvalue weighted by atomic mass is 35.5. The molecule has 0 spiro atoms. The number of allylic oxidation sites excluding steroid dienone is 9. The molecule has 3 N–H and O–H groups in total. The molecule has 0 unspecified atom stereocenters. The van der Waals surface area contributed by atoms with Gasteiger partial charge in [0.1, 0.15) is 23.8 Å². The van der Waals surface area contributed by atoms with Gasteiger partial charge in [0, 0.05) is 24.5 Å². The van der Waals surface area contributed by atoms with E-state index in [1.807, 2.05) is 0 Å². The van der Waals surface area contributed by atoms with Gasteiger partial charge in [-0.1, -0.05) is 24.3 Å². The largest absolute Gasteiger partial charge is 0.497 e. The van der Waals surface area contributed by atoms with Gasteiger partial charge in [-0.3, -0.25) is 5.21 Å². The van der Waals surface area contributed by atoms with Crippen molar-refractivity contribution in [2.24, 2.45) is 10.1 Å². The summed E-state index contributed by atoms with van der Waals surface area (Å²) in [4.78, 5) is 0.0346. The van der Waals surface area contributed by atoms with Crippen molar-refractivity contribution >= 4 is 40.5 Å². The van der Waals surface area contributed by atoms with Crippen molar-refractivity contribution in [3.63, 3.8) is 0 Å². The molecule has 178 valence electrons. The summed E-state index contributed by atoms with van der Waals surface area (Å²) >= 11 is 0. The van der Waals surface area contributed by atoms with Gasteiger partial charge in [-0.25, -0.2) is 5.06 Å². The summed E-state index contributed by atoms with van der Waals surface area (Å²) in [5.74, 6) is 0.854. The Bertz CT molecular complexity index is 1120. The Kier molecular flexibility index (Phi) is 11.1. The smallest absolute Gasteiger partial charge is 0.283 e. The summed E-state index contributed by atoms with van der Waals surface area (Å²) in [5, 5.41) is 10.3. The predicted molar refractivity (Wildman–Crippen MR) is 132 cm³/mol. The predicted octanol–water partition coefficient (Wildman–Crippen LogP) is 3.68. The van der Waals surface area contributed by atoms with Crippen LogP contribution in [0.25, 0.3) is 0 Å². The van der Waals surface area contributed by atoms with Crippen molar-refractivity contribution in [3.8, 4) is 5.75 Å². The second-order valence-corrected chi connectivity index (χ2v) is 8.02. The third kappa shape index (κ3) is 7.62. The number of sulfonamides is 1. The van der Waals surface area contributed by atoms with Crippen LogP contribution in [0.5, 0.6) is 5.75 Å². The van der Waals surface area contributed by atoms with Crippen molar-refractivity contribution in [2.45, 2.75) is 4.90 Å². The lowest BCUT2D eigenvalue weighted by Crippen LogP contribution is -2.17. The molecular weight excluding hydrogens is 489 g/mol. The maximum absolute atomic E-state index is 12.9. The average molecular weight is 514 g/mol. The van der Waals surface area contributed by atoms with Crippen LogP contribution in [0.4, 0.5) is 0 Å². The normalized spacial score (nSPS) is 17.4. The molecule has 2 aliphatic rings. The fraction of sp³-hybridized carbons (Fsp3) is 0.136. The van der Waals surface area contributed by atoms with Gasteiger partial charge in [-0.15, -0.1) is 24.8 Å². The Morgan fingerprint density at radius 1 is 1.09 bits per heavy atom. The van der Waals surface area contributed by atoms with Crippen molar-refractivity contribution in [1.29, 1.82) is 0 Å². The molecule has 1 aromatic rings. The van der Waals surface area contributed by atoms with Gasteiger partial charge < -0.3 is 15.2 Å². The van der Waals surface area contributed by atoms with E-state index in [9.17, 15) is 13.6 Å². The number of rotatable bonds is 7. The quantitative estimate of drug-likeness (QED) is 0.571. The number of nitrogens with zero attached hydrogens (tertiary/aromatic N) is 2. The third-order valence-electron chi connectivity index (χ3n) is 4.27. The molecule has 0 amide bonds. The molecule has 3 rings (SSSR count). The number of hydrogen-bond donors (Lipinski definition) is 2. The minimum absolute atomic E-state index is 0. The fourth-order valence-corrected chi connectivity index (χ4v) is 3.73. The highest BCUT2D eigenvalue weighted by Crippen LogP contribution is 2.23. The summed E-state index contributed by atoms with van der Waals surface area (Å²) < 4.78 is 40.7. The standard InChI is InChI=1S/C22H23N3O5S.2ClH/c1-29-19-7-9-20(10-8-19)31(27,28)24-22-18(3-2-4-21(22)30-16-13-23)6-5-17-11-14-25(26)15-12-17;;/h2-12,14-15,26H,13,16,23H2,1H3;2*1H. The van der Waals surface area contributed by atoms with Crippen LogP contribution in [0.3, 0.4) is 0 Å². The molecule has 1 aliphatic carbocycles. The van der Waals surface area contributed by atoms with Crippen LogP contribution in [-0.2, 0) is 14.8 Å². The van der Waals surface area contributed by atoms with Crippen molar-refractivity contribution in [2.75, 3.05) is 20.3 Å². The molecule has 0 aromatic heterocycles. The Hall–Kier alpha value is -2.82. The summed E-state index contributed by atoms with van der Waals surface area (Å²) in [6, 6.07) is 5.99. The number of nitrogens with two attached hydrogens (primary N) is 1. The van der Waals surface area contributed by atoms with Gasteiger partial charge in [0.2, 0.25) is 0 Å². The zero-order valence-electron chi connectivity index (χ0n) is 17.7. The molecule has 1 aromatic carbocycles. The maximum Gasteiger partial charge on any atom is 0.283 e. The van der Waals surface area contributed by atoms with E-state index in [0.29, 0.717) is 17.1 Å². The number of methoxy groups -OCH3 is 1. The van der Waals surface area contributed by atoms with Crippen LogP contribution in [0.2, 0.25) is 0 Å². The fourth-order valence-electron chi connectivity index (χ4n) is 2.70. The molecule has 0 radical (unpaired) electrons. The first kappa shape index (κ1) is 28.2. The Labute approximate surface area is 205 Å². The summed E-state index contributed by atoms with van der Waals surface area (Å²) in [5.41, 5.74) is 7.07. The molecule has 0 fully saturated rings. The molecule has 8 nitrogen and oxygen atoms in total. The lowest BCUT2D eigenvalue weighted by Gasteiger charge is -2.16. The van der Waals surface area contributed by atoms with Crippen LogP contribution in [0.15, 0.2) is 105 Å². The Balaban J connectivity index is 0.00000272. The van der Waals surface area contributed by atoms with Crippen LogP contribution in [0.1, 0.15) is 0 Å². The average Bonchev–Trinajstić information content (AvgIpc) is 2.78. The van der Waals surface area contributed by atoms with E-state index in [1.54, 1.807) is 54.7 Å². The van der Waals surface area contributed by atoms with E-state index >= 15 is 0 Å². The summed E-state index contributed by atoms with van der Waals surface area (Å²) in [6.45, 7) is 0.489. The second kappa shape index (κ2) is 13.0. The third-order valence-corrected chi connectivity index (χ3v) is 5.56. The van der Waals surface area contributed by atoms with Gasteiger partial charge in [0.05, 0.1) is 12.0 Å². The number of benzene rings is 1. The van der Waals surface area contributed by atoms with E-state index in [2.05, 4.69) is 4.40 Å². The number of hydrogen-bond acceptors (Lipinski definition) is 7. The minimum atomic E-state index is -4.01. The number of ether oxygens (including phenoxy) is 2. The first-order valence-electron chi connectivity index (χ1n) is 9.39.